The lowest BCUT2D eigenvalue weighted by Gasteiger charge is -2.34. The van der Waals surface area contributed by atoms with E-state index in [9.17, 15) is 29.7 Å². The van der Waals surface area contributed by atoms with Gasteiger partial charge in [-0.3, -0.25) is 14.4 Å². The van der Waals surface area contributed by atoms with Gasteiger partial charge in [0, 0.05) is 32.0 Å². The number of nitrogens with one attached hydrogen (secondary N) is 2. The molecule has 0 saturated carbocycles. The average Bonchev–Trinajstić information content (AvgIpc) is 2.96. The van der Waals surface area contributed by atoms with E-state index in [1.165, 1.54) is 17.0 Å². The van der Waals surface area contributed by atoms with Crippen molar-refractivity contribution in [3.8, 4) is 22.6 Å². The van der Waals surface area contributed by atoms with E-state index < -0.39 is 41.9 Å². The quantitative estimate of drug-likeness (QED) is 0.194. The summed E-state index contributed by atoms with van der Waals surface area (Å²) in [7, 11) is 0. The Morgan fingerprint density at radius 1 is 1.10 bits per heavy atom. The van der Waals surface area contributed by atoms with Crippen LogP contribution in [0.1, 0.15) is 37.3 Å². The fourth-order valence-electron chi connectivity index (χ4n) is 4.92. The lowest BCUT2D eigenvalue weighted by Crippen LogP contribution is -2.58. The van der Waals surface area contributed by atoms with Gasteiger partial charge in [0.2, 0.25) is 17.7 Å². The second-order valence-corrected chi connectivity index (χ2v) is 10.4. The van der Waals surface area contributed by atoms with Crippen molar-refractivity contribution in [1.82, 2.24) is 15.5 Å². The maximum atomic E-state index is 13.9. The first kappa shape index (κ1) is 31.8. The van der Waals surface area contributed by atoms with E-state index in [4.69, 9.17) is 17.2 Å². The van der Waals surface area contributed by atoms with Crippen LogP contribution in [0.4, 0.5) is 0 Å². The molecule has 224 valence electrons. The van der Waals surface area contributed by atoms with Crippen molar-refractivity contribution in [2.24, 2.45) is 17.2 Å². The van der Waals surface area contributed by atoms with Crippen LogP contribution in [0.2, 0.25) is 0 Å². The predicted molar refractivity (Wildman–Crippen MR) is 155 cm³/mol. The standard InChI is InChI=1S/C29H42N6O6/c1-2-35-24(28(40)33-11-9-21(31)16-36)15-20-13-18(6-8-26(20)38)17-5-7-25(37)19(12-17)14-22(32)27(39)34-23(29(35)41)4-3-10-30/h5-8,12-13,21-24,36-38H,2-4,9-11,14-16,30-32H2,1H3,(H,33,40)(H,34,39)/t21?,22-,23-,24-/m0/s1. The van der Waals surface area contributed by atoms with Crippen LogP contribution in [0.5, 0.6) is 11.5 Å². The van der Waals surface area contributed by atoms with Crippen molar-refractivity contribution in [2.45, 2.75) is 63.2 Å². The molecule has 0 aromatic heterocycles. The normalized spacial score (nSPS) is 20.5. The van der Waals surface area contributed by atoms with Crippen LogP contribution in [0.25, 0.3) is 11.1 Å². The largest absolute Gasteiger partial charge is 0.508 e. The molecule has 3 rings (SSSR count). The molecule has 1 heterocycles. The van der Waals surface area contributed by atoms with Gasteiger partial charge in [-0.05, 0) is 79.3 Å². The Balaban J connectivity index is 2.11. The molecule has 0 saturated heterocycles. The summed E-state index contributed by atoms with van der Waals surface area (Å²) in [6.45, 7) is 2.10. The third-order valence-electron chi connectivity index (χ3n) is 7.35. The zero-order valence-corrected chi connectivity index (χ0v) is 23.4. The molecule has 1 unspecified atom stereocenters. The number of phenols is 2. The van der Waals surface area contributed by atoms with Crippen molar-refractivity contribution in [3.63, 3.8) is 0 Å². The summed E-state index contributed by atoms with van der Waals surface area (Å²) in [5.74, 6) is -1.59. The number of hydrogen-bond acceptors (Lipinski definition) is 9. The first-order valence-electron chi connectivity index (χ1n) is 13.9. The minimum atomic E-state index is -1.06. The fraction of sp³-hybridized carbons (Fsp3) is 0.483. The average molecular weight is 571 g/mol. The number of hydrogen-bond donors (Lipinski definition) is 8. The molecule has 0 fully saturated rings. The maximum Gasteiger partial charge on any atom is 0.245 e. The van der Waals surface area contributed by atoms with E-state index in [2.05, 4.69) is 10.6 Å². The lowest BCUT2D eigenvalue weighted by atomic mass is 9.95. The summed E-state index contributed by atoms with van der Waals surface area (Å²) in [5.41, 5.74) is 20.0. The van der Waals surface area contributed by atoms with Gasteiger partial charge in [-0.15, -0.1) is 0 Å². The number of fused-ring (bicyclic) bond motifs is 5. The van der Waals surface area contributed by atoms with Gasteiger partial charge in [0.25, 0.3) is 0 Å². The van der Waals surface area contributed by atoms with Crippen LogP contribution >= 0.6 is 0 Å². The van der Waals surface area contributed by atoms with Crippen LogP contribution in [0, 0.1) is 0 Å². The first-order chi connectivity index (χ1) is 19.6. The van der Waals surface area contributed by atoms with Gasteiger partial charge in [-0.2, -0.15) is 0 Å². The van der Waals surface area contributed by atoms with Crippen LogP contribution in [-0.2, 0) is 27.2 Å². The van der Waals surface area contributed by atoms with Gasteiger partial charge in [0.15, 0.2) is 0 Å². The number of aromatic hydroxyl groups is 2. The molecule has 2 aromatic carbocycles. The molecule has 0 aliphatic carbocycles. The SMILES string of the molecule is CCN1C(=O)[C@H](CCCN)NC(=O)[C@@H](N)Cc2cc(ccc2O)-c2ccc(O)c(c2)C[C@H]1C(=O)NCCC(N)CO. The molecule has 12 heteroatoms. The topological polar surface area (TPSA) is 217 Å². The molecule has 11 N–H and O–H groups in total. The van der Waals surface area contributed by atoms with Crippen molar-refractivity contribution < 1.29 is 29.7 Å². The lowest BCUT2D eigenvalue weighted by molar-refractivity contribution is -0.143. The molecule has 12 nitrogen and oxygen atoms in total. The number of amides is 3. The van der Waals surface area contributed by atoms with Gasteiger partial charge in [-0.1, -0.05) is 12.1 Å². The highest BCUT2D eigenvalue weighted by molar-refractivity contribution is 5.93. The third kappa shape index (κ3) is 8.17. The van der Waals surface area contributed by atoms with Crippen LogP contribution < -0.4 is 27.8 Å². The van der Waals surface area contributed by atoms with Gasteiger partial charge in [0.1, 0.15) is 23.6 Å². The van der Waals surface area contributed by atoms with Crippen LogP contribution in [0.15, 0.2) is 36.4 Å². The molecular formula is C29H42N6O6. The highest BCUT2D eigenvalue weighted by Gasteiger charge is 2.35. The Bertz CT molecular complexity index is 1220. The highest BCUT2D eigenvalue weighted by Crippen LogP contribution is 2.31. The van der Waals surface area contributed by atoms with E-state index in [-0.39, 0.29) is 57.0 Å². The molecule has 4 bridgehead atoms. The highest BCUT2D eigenvalue weighted by atomic mass is 16.3. The van der Waals surface area contributed by atoms with Crippen LogP contribution in [-0.4, -0.2) is 88.3 Å². The van der Waals surface area contributed by atoms with Crippen molar-refractivity contribution >= 4 is 17.7 Å². The Labute approximate surface area is 239 Å². The van der Waals surface area contributed by atoms with E-state index >= 15 is 0 Å². The molecule has 3 amide bonds. The van der Waals surface area contributed by atoms with Gasteiger partial charge in [-0.25, -0.2) is 0 Å². The summed E-state index contributed by atoms with van der Waals surface area (Å²) < 4.78 is 0. The molecule has 2 aromatic rings. The number of aliphatic hydroxyl groups is 1. The van der Waals surface area contributed by atoms with Gasteiger partial charge >= 0.3 is 0 Å². The number of phenolic OH excluding ortho intramolecular Hbond substituents is 2. The number of aliphatic hydroxyl groups excluding tert-OH is 1. The number of likely N-dealkylation sites (N-methyl/N-ethyl adjacent to an activating group) is 1. The monoisotopic (exact) mass is 570 g/mol. The van der Waals surface area contributed by atoms with Crippen molar-refractivity contribution in [2.75, 3.05) is 26.2 Å². The number of carbonyl (C=O) groups is 3. The van der Waals surface area contributed by atoms with E-state index in [1.807, 2.05) is 0 Å². The smallest absolute Gasteiger partial charge is 0.245 e. The molecule has 1 aliphatic rings. The van der Waals surface area contributed by atoms with Gasteiger partial charge in [0.05, 0.1) is 12.6 Å². The number of rotatable bonds is 9. The summed E-state index contributed by atoms with van der Waals surface area (Å²) >= 11 is 0. The molecule has 41 heavy (non-hydrogen) atoms. The van der Waals surface area contributed by atoms with E-state index in [1.54, 1.807) is 31.2 Å². The second kappa shape index (κ2) is 14.8. The minimum Gasteiger partial charge on any atom is -0.508 e. The van der Waals surface area contributed by atoms with E-state index in [0.717, 1.165) is 0 Å². The summed E-state index contributed by atoms with van der Waals surface area (Å²) in [6, 6.07) is 6.30. The zero-order chi connectivity index (χ0) is 30.1. The molecule has 4 atom stereocenters. The maximum absolute atomic E-state index is 13.9. The summed E-state index contributed by atoms with van der Waals surface area (Å²) in [5, 5.41) is 36.0. The summed E-state index contributed by atoms with van der Waals surface area (Å²) in [4.78, 5) is 42.0. The molecule has 1 aliphatic heterocycles. The third-order valence-corrected chi connectivity index (χ3v) is 7.35. The Hall–Kier alpha value is -3.71. The fourth-order valence-corrected chi connectivity index (χ4v) is 4.92. The number of carbonyl (C=O) groups excluding carboxylic acids is 3. The second-order valence-electron chi connectivity index (χ2n) is 10.4. The zero-order valence-electron chi connectivity index (χ0n) is 23.4. The minimum absolute atomic E-state index is 0.0147. The van der Waals surface area contributed by atoms with Gasteiger partial charge < -0.3 is 48.1 Å². The molecular weight excluding hydrogens is 528 g/mol. The Morgan fingerprint density at radius 2 is 1.71 bits per heavy atom. The Kier molecular flexibility index (Phi) is 11.5. The van der Waals surface area contributed by atoms with E-state index in [0.29, 0.717) is 35.1 Å². The summed E-state index contributed by atoms with van der Waals surface area (Å²) in [6.07, 6.45) is 0.994. The van der Waals surface area contributed by atoms with Crippen LogP contribution in [0.3, 0.4) is 0 Å². The number of nitrogens with zero attached hydrogens (tertiary/aromatic N) is 1. The molecule has 0 radical (unpaired) electrons. The number of nitrogens with two attached hydrogens (primary N) is 3. The molecule has 0 spiro atoms. The van der Waals surface area contributed by atoms with Crippen molar-refractivity contribution in [1.29, 1.82) is 0 Å². The number of benzene rings is 2. The van der Waals surface area contributed by atoms with Crippen molar-refractivity contribution in [3.05, 3.63) is 47.5 Å². The Morgan fingerprint density at radius 3 is 2.27 bits per heavy atom. The predicted octanol–water partition coefficient (Wildman–Crippen LogP) is -0.543. The first-order valence-corrected chi connectivity index (χ1v) is 13.9.